The summed E-state index contributed by atoms with van der Waals surface area (Å²) in [5.74, 6) is 0.0637. The Balaban J connectivity index is 1.47. The molecule has 1 saturated heterocycles. The molecule has 0 spiro atoms. The molecule has 1 aliphatic rings. The number of rotatable bonds is 6. The molecule has 0 unspecified atom stereocenters. The molecule has 1 atom stereocenters. The minimum Gasteiger partial charge on any atom is -0.376 e. The lowest BCUT2D eigenvalue weighted by molar-refractivity contribution is -0.119. The van der Waals surface area contributed by atoms with Gasteiger partial charge < -0.3 is 10.1 Å². The fraction of sp³-hybridized carbons (Fsp3) is 0.375. The second-order valence-corrected chi connectivity index (χ2v) is 7.31. The standard InChI is InChI=1S/C16H17FN2O2S2/c17-12-5-3-11(4-6-12)14-9-22-16(19-14)23-10-15(20)18-8-13-2-1-7-21-13/h3-6,9,13H,1-2,7-8,10H2,(H,18,20)/t13-/m0/s1. The van der Waals surface area contributed by atoms with Crippen molar-refractivity contribution in [3.63, 3.8) is 0 Å². The van der Waals surface area contributed by atoms with Gasteiger partial charge in [-0.25, -0.2) is 9.37 Å². The lowest BCUT2D eigenvalue weighted by Crippen LogP contribution is -2.32. The number of carbonyl (C=O) groups excluding carboxylic acids is 1. The fourth-order valence-corrected chi connectivity index (χ4v) is 3.95. The van der Waals surface area contributed by atoms with Crippen LogP contribution in [0.5, 0.6) is 0 Å². The SMILES string of the molecule is O=C(CSc1nc(-c2ccc(F)cc2)cs1)NC[C@@H]1CCCO1. The maximum atomic E-state index is 12.9. The summed E-state index contributed by atoms with van der Waals surface area (Å²) in [5, 5.41) is 4.81. The zero-order valence-corrected chi connectivity index (χ0v) is 14.1. The summed E-state index contributed by atoms with van der Waals surface area (Å²) in [6.45, 7) is 1.37. The molecule has 1 aliphatic heterocycles. The molecule has 0 radical (unpaired) electrons. The van der Waals surface area contributed by atoms with Gasteiger partial charge in [0.05, 0.1) is 17.6 Å². The highest BCUT2D eigenvalue weighted by molar-refractivity contribution is 8.01. The van der Waals surface area contributed by atoms with Crippen molar-refractivity contribution in [2.75, 3.05) is 18.9 Å². The fourth-order valence-electron chi connectivity index (χ4n) is 2.29. The molecular formula is C16H17FN2O2S2. The predicted molar refractivity (Wildman–Crippen MR) is 90.2 cm³/mol. The van der Waals surface area contributed by atoms with Gasteiger partial charge in [0, 0.05) is 24.1 Å². The van der Waals surface area contributed by atoms with Crippen molar-refractivity contribution in [1.29, 1.82) is 0 Å². The second-order valence-electron chi connectivity index (χ2n) is 5.23. The maximum Gasteiger partial charge on any atom is 0.230 e. The quantitative estimate of drug-likeness (QED) is 0.810. The van der Waals surface area contributed by atoms with Gasteiger partial charge >= 0.3 is 0 Å². The van der Waals surface area contributed by atoms with Gasteiger partial charge in [0.15, 0.2) is 4.34 Å². The topological polar surface area (TPSA) is 51.2 Å². The smallest absolute Gasteiger partial charge is 0.230 e. The zero-order valence-electron chi connectivity index (χ0n) is 12.5. The van der Waals surface area contributed by atoms with Crippen LogP contribution in [0.15, 0.2) is 34.0 Å². The van der Waals surface area contributed by atoms with E-state index in [0.717, 1.165) is 35.0 Å². The van der Waals surface area contributed by atoms with Crippen molar-refractivity contribution in [2.45, 2.75) is 23.3 Å². The molecule has 7 heteroatoms. The Bertz CT molecular complexity index is 654. The molecule has 2 aromatic rings. The first-order valence-electron chi connectivity index (χ1n) is 7.43. The monoisotopic (exact) mass is 352 g/mol. The van der Waals surface area contributed by atoms with Gasteiger partial charge in [0.1, 0.15) is 5.82 Å². The number of benzene rings is 1. The summed E-state index contributed by atoms with van der Waals surface area (Å²) in [7, 11) is 0. The lowest BCUT2D eigenvalue weighted by Gasteiger charge is -2.10. The molecular weight excluding hydrogens is 335 g/mol. The normalized spacial score (nSPS) is 17.3. The Hall–Kier alpha value is -1.44. The molecule has 2 heterocycles. The van der Waals surface area contributed by atoms with E-state index in [9.17, 15) is 9.18 Å². The number of nitrogens with one attached hydrogen (secondary N) is 1. The summed E-state index contributed by atoms with van der Waals surface area (Å²) in [6.07, 6.45) is 2.25. The van der Waals surface area contributed by atoms with Crippen molar-refractivity contribution < 1.29 is 13.9 Å². The number of carbonyl (C=O) groups is 1. The molecule has 1 aromatic heterocycles. The van der Waals surface area contributed by atoms with Crippen LogP contribution in [0.25, 0.3) is 11.3 Å². The maximum absolute atomic E-state index is 12.9. The molecule has 4 nitrogen and oxygen atoms in total. The van der Waals surface area contributed by atoms with E-state index in [1.807, 2.05) is 5.38 Å². The van der Waals surface area contributed by atoms with Crippen LogP contribution in [0, 0.1) is 5.82 Å². The van der Waals surface area contributed by atoms with E-state index in [-0.39, 0.29) is 17.8 Å². The van der Waals surface area contributed by atoms with Gasteiger partial charge in [0.2, 0.25) is 5.91 Å². The van der Waals surface area contributed by atoms with Crippen molar-refractivity contribution in [1.82, 2.24) is 10.3 Å². The largest absolute Gasteiger partial charge is 0.376 e. The van der Waals surface area contributed by atoms with E-state index in [0.29, 0.717) is 12.3 Å². The van der Waals surface area contributed by atoms with Gasteiger partial charge in [-0.2, -0.15) is 0 Å². The van der Waals surface area contributed by atoms with Gasteiger partial charge in [-0.15, -0.1) is 11.3 Å². The number of hydrogen-bond acceptors (Lipinski definition) is 5. The molecule has 1 fully saturated rings. The van der Waals surface area contributed by atoms with E-state index in [4.69, 9.17) is 4.74 Å². The van der Waals surface area contributed by atoms with E-state index >= 15 is 0 Å². The number of hydrogen-bond donors (Lipinski definition) is 1. The van der Waals surface area contributed by atoms with Crippen LogP contribution >= 0.6 is 23.1 Å². The third kappa shape index (κ3) is 4.76. The van der Waals surface area contributed by atoms with Crippen LogP contribution < -0.4 is 5.32 Å². The summed E-state index contributed by atoms with van der Waals surface area (Å²) in [6, 6.07) is 6.24. The van der Waals surface area contributed by atoms with Crippen molar-refractivity contribution in [2.24, 2.45) is 0 Å². The highest BCUT2D eigenvalue weighted by Crippen LogP contribution is 2.28. The van der Waals surface area contributed by atoms with Crippen molar-refractivity contribution >= 4 is 29.0 Å². The van der Waals surface area contributed by atoms with Crippen molar-refractivity contribution in [3.8, 4) is 11.3 Å². The number of amides is 1. The zero-order chi connectivity index (χ0) is 16.1. The molecule has 23 heavy (non-hydrogen) atoms. The average molecular weight is 352 g/mol. The van der Waals surface area contributed by atoms with Gasteiger partial charge in [-0.05, 0) is 37.1 Å². The molecule has 122 valence electrons. The minimum atomic E-state index is -0.263. The summed E-state index contributed by atoms with van der Waals surface area (Å²) in [4.78, 5) is 16.3. The van der Waals surface area contributed by atoms with Gasteiger partial charge in [0.25, 0.3) is 0 Å². The third-order valence-electron chi connectivity index (χ3n) is 3.50. The number of thiazole rings is 1. The lowest BCUT2D eigenvalue weighted by atomic mass is 10.2. The predicted octanol–water partition coefficient (Wildman–Crippen LogP) is 3.34. The number of aromatic nitrogens is 1. The van der Waals surface area contributed by atoms with Crippen LogP contribution in [0.1, 0.15) is 12.8 Å². The summed E-state index contributed by atoms with van der Waals surface area (Å²) in [5.41, 5.74) is 1.68. The van der Waals surface area contributed by atoms with E-state index in [1.54, 1.807) is 12.1 Å². The number of thioether (sulfide) groups is 1. The third-order valence-corrected chi connectivity index (χ3v) is 5.52. The molecule has 3 rings (SSSR count). The number of nitrogens with zero attached hydrogens (tertiary/aromatic N) is 1. The van der Waals surface area contributed by atoms with E-state index < -0.39 is 0 Å². The first-order valence-corrected chi connectivity index (χ1v) is 9.30. The van der Waals surface area contributed by atoms with Crippen LogP contribution in [0.2, 0.25) is 0 Å². The van der Waals surface area contributed by atoms with Crippen LogP contribution in [-0.4, -0.2) is 35.9 Å². The Kier molecular flexibility index (Phi) is 5.64. The Morgan fingerprint density at radius 2 is 2.26 bits per heavy atom. The van der Waals surface area contributed by atoms with E-state index in [1.165, 1.54) is 35.2 Å². The second kappa shape index (κ2) is 7.90. The minimum absolute atomic E-state index is 0.0102. The molecule has 1 aromatic carbocycles. The van der Waals surface area contributed by atoms with Crippen molar-refractivity contribution in [3.05, 3.63) is 35.5 Å². The average Bonchev–Trinajstić information content (AvgIpc) is 3.23. The number of ether oxygens (including phenoxy) is 1. The molecule has 1 amide bonds. The molecule has 0 aliphatic carbocycles. The van der Waals surface area contributed by atoms with Crippen LogP contribution in [0.4, 0.5) is 4.39 Å². The summed E-state index contributed by atoms with van der Waals surface area (Å²) < 4.78 is 19.2. The molecule has 1 N–H and O–H groups in total. The van der Waals surface area contributed by atoms with Gasteiger partial charge in [-0.3, -0.25) is 4.79 Å². The molecule has 0 saturated carbocycles. The molecule has 0 bridgehead atoms. The van der Waals surface area contributed by atoms with E-state index in [2.05, 4.69) is 10.3 Å². The first-order chi connectivity index (χ1) is 11.2. The van der Waals surface area contributed by atoms with Crippen LogP contribution in [-0.2, 0) is 9.53 Å². The van der Waals surface area contributed by atoms with Gasteiger partial charge in [-0.1, -0.05) is 11.8 Å². The van der Waals surface area contributed by atoms with Crippen LogP contribution in [0.3, 0.4) is 0 Å². The Morgan fingerprint density at radius 3 is 3.00 bits per heavy atom. The Labute approximate surface area is 142 Å². The summed E-state index contributed by atoms with van der Waals surface area (Å²) >= 11 is 2.90. The number of halogens is 1. The highest BCUT2D eigenvalue weighted by atomic mass is 32.2. The Morgan fingerprint density at radius 1 is 1.43 bits per heavy atom. The first kappa shape index (κ1) is 16.4. The highest BCUT2D eigenvalue weighted by Gasteiger charge is 2.16.